The van der Waals surface area contributed by atoms with Crippen molar-refractivity contribution in [1.82, 2.24) is 9.97 Å². The summed E-state index contributed by atoms with van der Waals surface area (Å²) in [6.07, 6.45) is 3.15. The highest BCUT2D eigenvalue weighted by atomic mass is 79.9. The van der Waals surface area contributed by atoms with Gasteiger partial charge in [0.05, 0.1) is 12.0 Å². The van der Waals surface area contributed by atoms with Crippen molar-refractivity contribution in [2.45, 2.75) is 6.61 Å². The van der Waals surface area contributed by atoms with E-state index in [-0.39, 0.29) is 17.9 Å². The van der Waals surface area contributed by atoms with Crippen LogP contribution in [0, 0.1) is 10.1 Å². The molecule has 0 amide bonds. The number of carbonyl (C=O) groups excluding carboxylic acids is 1. The summed E-state index contributed by atoms with van der Waals surface area (Å²) in [6.45, 7) is 0.158. The number of rotatable bonds is 5. The molecule has 0 saturated heterocycles. The number of benzene rings is 1. The minimum absolute atomic E-state index is 0.158. The van der Waals surface area contributed by atoms with Gasteiger partial charge in [-0.3, -0.25) is 10.1 Å². The quantitative estimate of drug-likeness (QED) is 0.346. The van der Waals surface area contributed by atoms with Gasteiger partial charge in [-0.2, -0.15) is 0 Å². The van der Waals surface area contributed by atoms with Crippen molar-refractivity contribution in [1.29, 1.82) is 0 Å². The number of hydrogen-bond acceptors (Lipinski definition) is 7. The highest BCUT2D eigenvalue weighted by Gasteiger charge is 2.21. The van der Waals surface area contributed by atoms with Crippen LogP contribution >= 0.6 is 15.9 Å². The van der Waals surface area contributed by atoms with Crippen molar-refractivity contribution in [3.63, 3.8) is 0 Å². The molecule has 0 saturated carbocycles. The maximum Gasteiger partial charge on any atom is 0.345 e. The number of ether oxygens (including phenoxy) is 2. The Balaban J connectivity index is 2.19. The van der Waals surface area contributed by atoms with Crippen molar-refractivity contribution in [2.24, 2.45) is 0 Å². The first-order chi connectivity index (χ1) is 10.5. The number of methoxy groups -OCH3 is 1. The van der Waals surface area contributed by atoms with Crippen molar-refractivity contribution < 1.29 is 19.2 Å². The molecule has 1 aromatic carbocycles. The summed E-state index contributed by atoms with van der Waals surface area (Å²) in [6, 6.07) is 3.87. The van der Waals surface area contributed by atoms with E-state index in [1.165, 1.54) is 18.2 Å². The smallest absolute Gasteiger partial charge is 0.345 e. The van der Waals surface area contributed by atoms with Gasteiger partial charge in [-0.05, 0) is 22.0 Å². The minimum atomic E-state index is -0.802. The predicted octanol–water partition coefficient (Wildman–Crippen LogP) is 2.51. The third kappa shape index (κ3) is 3.76. The van der Waals surface area contributed by atoms with E-state index in [9.17, 15) is 14.9 Å². The molecule has 0 N–H and O–H groups in total. The lowest BCUT2D eigenvalue weighted by Crippen LogP contribution is -2.06. The van der Waals surface area contributed by atoms with Gasteiger partial charge >= 0.3 is 5.97 Å². The SMILES string of the molecule is COC(=O)c1cc(OCc2cnc(Br)nc2)ccc1[N+](=O)[O-]. The van der Waals surface area contributed by atoms with Crippen molar-refractivity contribution >= 4 is 27.6 Å². The van der Waals surface area contributed by atoms with Gasteiger partial charge < -0.3 is 9.47 Å². The van der Waals surface area contributed by atoms with E-state index in [4.69, 9.17) is 4.74 Å². The average Bonchev–Trinajstić information content (AvgIpc) is 2.53. The highest BCUT2D eigenvalue weighted by molar-refractivity contribution is 9.10. The molecular formula is C13H10BrN3O5. The Bertz CT molecular complexity index is 705. The Morgan fingerprint density at radius 1 is 1.36 bits per heavy atom. The van der Waals surface area contributed by atoms with E-state index in [0.717, 1.165) is 7.11 Å². The summed E-state index contributed by atoms with van der Waals surface area (Å²) in [4.78, 5) is 29.7. The molecule has 0 atom stereocenters. The van der Waals surface area contributed by atoms with Crippen LogP contribution in [0.25, 0.3) is 0 Å². The van der Waals surface area contributed by atoms with Gasteiger partial charge in [-0.1, -0.05) is 0 Å². The molecule has 1 aromatic heterocycles. The van der Waals surface area contributed by atoms with E-state index in [1.54, 1.807) is 12.4 Å². The molecule has 2 aromatic rings. The molecule has 0 unspecified atom stereocenters. The van der Waals surface area contributed by atoms with Crippen LogP contribution in [0.2, 0.25) is 0 Å². The number of carbonyl (C=O) groups is 1. The van der Waals surface area contributed by atoms with Gasteiger partial charge in [-0.25, -0.2) is 14.8 Å². The fourth-order valence-corrected chi connectivity index (χ4v) is 1.82. The van der Waals surface area contributed by atoms with Crippen LogP contribution < -0.4 is 4.74 Å². The summed E-state index contributed by atoms with van der Waals surface area (Å²) in [5.41, 5.74) is 0.199. The fourth-order valence-electron chi connectivity index (χ4n) is 1.62. The number of aromatic nitrogens is 2. The van der Waals surface area contributed by atoms with Gasteiger partial charge in [0.2, 0.25) is 0 Å². The maximum absolute atomic E-state index is 11.6. The molecule has 8 nitrogen and oxygen atoms in total. The van der Waals surface area contributed by atoms with Gasteiger partial charge in [0.25, 0.3) is 5.69 Å². The van der Waals surface area contributed by atoms with Crippen LogP contribution in [0.3, 0.4) is 0 Å². The second kappa shape index (κ2) is 6.94. The lowest BCUT2D eigenvalue weighted by Gasteiger charge is -2.07. The first-order valence-corrected chi connectivity index (χ1v) is 6.76. The first-order valence-electron chi connectivity index (χ1n) is 5.97. The van der Waals surface area contributed by atoms with E-state index < -0.39 is 10.9 Å². The van der Waals surface area contributed by atoms with Crippen molar-refractivity contribution in [2.75, 3.05) is 7.11 Å². The molecule has 0 fully saturated rings. The molecule has 0 bridgehead atoms. The molecular weight excluding hydrogens is 358 g/mol. The van der Waals surface area contributed by atoms with Crippen LogP contribution in [0.15, 0.2) is 35.3 Å². The predicted molar refractivity (Wildman–Crippen MR) is 78.5 cm³/mol. The zero-order chi connectivity index (χ0) is 16.1. The third-order valence-electron chi connectivity index (χ3n) is 2.65. The lowest BCUT2D eigenvalue weighted by atomic mass is 10.1. The third-order valence-corrected chi connectivity index (χ3v) is 3.06. The molecule has 1 heterocycles. The minimum Gasteiger partial charge on any atom is -0.489 e. The standard InChI is InChI=1S/C13H10BrN3O5/c1-21-12(18)10-4-9(2-3-11(10)17(19)20)22-7-8-5-15-13(14)16-6-8/h2-6H,7H2,1H3. The topological polar surface area (TPSA) is 104 Å². The van der Waals surface area contributed by atoms with Gasteiger partial charge in [0.15, 0.2) is 4.73 Å². The highest BCUT2D eigenvalue weighted by Crippen LogP contribution is 2.25. The number of nitro benzene ring substituents is 1. The second-order valence-electron chi connectivity index (χ2n) is 4.08. The number of hydrogen-bond donors (Lipinski definition) is 0. The zero-order valence-electron chi connectivity index (χ0n) is 11.4. The monoisotopic (exact) mass is 367 g/mol. The molecule has 0 radical (unpaired) electrons. The van der Waals surface area contributed by atoms with Gasteiger partial charge in [0.1, 0.15) is 17.9 Å². The van der Waals surface area contributed by atoms with E-state index in [0.29, 0.717) is 16.0 Å². The number of nitrogens with zero attached hydrogens (tertiary/aromatic N) is 3. The fraction of sp³-hybridized carbons (Fsp3) is 0.154. The Labute approximate surface area is 133 Å². The summed E-state index contributed by atoms with van der Waals surface area (Å²) in [5, 5.41) is 10.9. The summed E-state index contributed by atoms with van der Waals surface area (Å²) in [5.74, 6) is -0.502. The van der Waals surface area contributed by atoms with Crippen molar-refractivity contribution in [3.8, 4) is 5.75 Å². The Hall–Kier alpha value is -2.55. The summed E-state index contributed by atoms with van der Waals surface area (Å²) >= 11 is 3.12. The van der Waals surface area contributed by atoms with Crippen LogP contribution in [0.5, 0.6) is 5.75 Å². The van der Waals surface area contributed by atoms with E-state index in [1.807, 2.05) is 0 Å². The Kier molecular flexibility index (Phi) is 4.99. The number of nitro groups is 1. The number of esters is 1. The number of halogens is 1. The van der Waals surface area contributed by atoms with E-state index in [2.05, 4.69) is 30.6 Å². The van der Waals surface area contributed by atoms with Crippen LogP contribution in [-0.2, 0) is 11.3 Å². The summed E-state index contributed by atoms with van der Waals surface area (Å²) in [7, 11) is 1.15. The largest absolute Gasteiger partial charge is 0.489 e. The lowest BCUT2D eigenvalue weighted by molar-refractivity contribution is -0.385. The van der Waals surface area contributed by atoms with Crippen LogP contribution in [-0.4, -0.2) is 28.0 Å². The van der Waals surface area contributed by atoms with Gasteiger partial charge in [-0.15, -0.1) is 0 Å². The molecule has 9 heteroatoms. The Morgan fingerprint density at radius 3 is 2.64 bits per heavy atom. The molecule has 0 aliphatic heterocycles. The Morgan fingerprint density at radius 2 is 2.05 bits per heavy atom. The molecule has 0 aliphatic rings. The molecule has 0 spiro atoms. The summed E-state index contributed by atoms with van der Waals surface area (Å²) < 4.78 is 10.5. The molecule has 22 heavy (non-hydrogen) atoms. The first kappa shape index (κ1) is 15.8. The molecule has 0 aliphatic carbocycles. The molecule has 2 rings (SSSR count). The average molecular weight is 368 g/mol. The second-order valence-corrected chi connectivity index (χ2v) is 4.79. The van der Waals surface area contributed by atoms with E-state index >= 15 is 0 Å². The zero-order valence-corrected chi connectivity index (χ0v) is 12.9. The van der Waals surface area contributed by atoms with Crippen LogP contribution in [0.4, 0.5) is 5.69 Å². The maximum atomic E-state index is 11.6. The van der Waals surface area contributed by atoms with Crippen LogP contribution in [0.1, 0.15) is 15.9 Å². The molecule has 114 valence electrons. The van der Waals surface area contributed by atoms with Gasteiger partial charge in [0, 0.05) is 30.1 Å². The van der Waals surface area contributed by atoms with Crippen molar-refractivity contribution in [3.05, 3.63) is 56.6 Å². The normalized spacial score (nSPS) is 10.1.